The van der Waals surface area contributed by atoms with Gasteiger partial charge in [-0.25, -0.2) is 0 Å². The van der Waals surface area contributed by atoms with Gasteiger partial charge in [-0.15, -0.1) is 0 Å². The molecule has 5 heteroatoms. The van der Waals surface area contributed by atoms with E-state index in [9.17, 15) is 5.11 Å². The summed E-state index contributed by atoms with van der Waals surface area (Å²) in [6.07, 6.45) is -0.0272. The van der Waals surface area contributed by atoms with E-state index in [1.54, 1.807) is 0 Å². The molecule has 0 aliphatic carbocycles. The van der Waals surface area contributed by atoms with E-state index in [-0.39, 0.29) is 0 Å². The minimum absolute atomic E-state index is 0.527. The molecule has 0 saturated carbocycles. The molecule has 1 atom stereocenters. The fraction of sp³-hybridized carbons (Fsp3) is 0.357. The normalized spacial score (nSPS) is 12.7. The SMILES string of the molecule is Cc1ccc(C(O)Cc2c(Br)c(C)nn2C)c(Br)c1. The van der Waals surface area contributed by atoms with Crippen LogP contribution >= 0.6 is 31.9 Å². The highest BCUT2D eigenvalue weighted by Gasteiger charge is 2.18. The summed E-state index contributed by atoms with van der Waals surface area (Å²) < 4.78 is 3.72. The zero-order valence-corrected chi connectivity index (χ0v) is 14.3. The summed E-state index contributed by atoms with van der Waals surface area (Å²) >= 11 is 7.04. The van der Waals surface area contributed by atoms with Crippen LogP contribution in [0.4, 0.5) is 0 Å². The third kappa shape index (κ3) is 3.09. The molecule has 3 nitrogen and oxygen atoms in total. The average molecular weight is 388 g/mol. The Kier molecular flexibility index (Phi) is 4.48. The topological polar surface area (TPSA) is 38.1 Å². The van der Waals surface area contributed by atoms with E-state index in [0.29, 0.717) is 6.42 Å². The van der Waals surface area contributed by atoms with E-state index in [1.165, 1.54) is 5.56 Å². The largest absolute Gasteiger partial charge is 0.388 e. The summed E-state index contributed by atoms with van der Waals surface area (Å²) in [7, 11) is 1.89. The lowest BCUT2D eigenvalue weighted by atomic mass is 10.0. The summed E-state index contributed by atoms with van der Waals surface area (Å²) in [6, 6.07) is 5.98. The molecular weight excluding hydrogens is 372 g/mol. The summed E-state index contributed by atoms with van der Waals surface area (Å²) in [4.78, 5) is 0. The molecule has 0 fully saturated rings. The van der Waals surface area contributed by atoms with Gasteiger partial charge < -0.3 is 5.11 Å². The Balaban J connectivity index is 2.28. The van der Waals surface area contributed by atoms with Gasteiger partial charge in [0.2, 0.25) is 0 Å². The van der Waals surface area contributed by atoms with E-state index in [4.69, 9.17) is 0 Å². The molecule has 0 radical (unpaired) electrons. The van der Waals surface area contributed by atoms with Crippen molar-refractivity contribution in [2.45, 2.75) is 26.4 Å². The van der Waals surface area contributed by atoms with Crippen LogP contribution in [-0.4, -0.2) is 14.9 Å². The molecule has 1 N–H and O–H groups in total. The van der Waals surface area contributed by atoms with Crippen LogP contribution in [-0.2, 0) is 13.5 Å². The highest BCUT2D eigenvalue weighted by molar-refractivity contribution is 9.10. The van der Waals surface area contributed by atoms with E-state index < -0.39 is 6.10 Å². The smallest absolute Gasteiger partial charge is 0.0856 e. The second kappa shape index (κ2) is 5.77. The van der Waals surface area contributed by atoms with Gasteiger partial charge in [0.1, 0.15) is 0 Å². The van der Waals surface area contributed by atoms with Crippen LogP contribution in [0.15, 0.2) is 27.1 Å². The Hall–Kier alpha value is -0.650. The second-order valence-corrected chi connectivity index (χ2v) is 6.36. The lowest BCUT2D eigenvalue weighted by Crippen LogP contribution is -2.07. The zero-order valence-electron chi connectivity index (χ0n) is 11.1. The molecule has 0 aliphatic rings. The molecule has 0 bridgehead atoms. The lowest BCUT2D eigenvalue weighted by molar-refractivity contribution is 0.175. The van der Waals surface area contributed by atoms with Crippen molar-refractivity contribution in [1.82, 2.24) is 9.78 Å². The van der Waals surface area contributed by atoms with Crippen molar-refractivity contribution in [2.75, 3.05) is 0 Å². The summed E-state index contributed by atoms with van der Waals surface area (Å²) in [5.41, 5.74) is 4.00. The minimum Gasteiger partial charge on any atom is -0.388 e. The Labute approximate surface area is 129 Å². The molecule has 1 unspecified atom stereocenters. The molecule has 1 heterocycles. The van der Waals surface area contributed by atoms with Crippen molar-refractivity contribution in [3.8, 4) is 0 Å². The number of aryl methyl sites for hydroxylation is 3. The first kappa shape index (κ1) is 14.8. The fourth-order valence-electron chi connectivity index (χ4n) is 2.10. The van der Waals surface area contributed by atoms with Crippen LogP contribution in [0.1, 0.15) is 28.6 Å². The van der Waals surface area contributed by atoms with Crippen molar-refractivity contribution in [1.29, 1.82) is 0 Å². The lowest BCUT2D eigenvalue weighted by Gasteiger charge is -2.14. The van der Waals surface area contributed by atoms with Gasteiger partial charge >= 0.3 is 0 Å². The molecule has 1 aromatic carbocycles. The van der Waals surface area contributed by atoms with Gasteiger partial charge in [-0.2, -0.15) is 5.10 Å². The molecular formula is C14H16Br2N2O. The Morgan fingerprint density at radius 2 is 2.00 bits per heavy atom. The first-order valence-electron chi connectivity index (χ1n) is 6.02. The predicted molar refractivity (Wildman–Crippen MR) is 83.2 cm³/mol. The van der Waals surface area contributed by atoms with Crippen LogP contribution in [0.2, 0.25) is 0 Å². The Bertz CT molecular complexity index is 608. The average Bonchev–Trinajstić information content (AvgIpc) is 2.56. The van der Waals surface area contributed by atoms with Gasteiger partial charge in [0, 0.05) is 17.9 Å². The molecule has 2 aromatic rings. The highest BCUT2D eigenvalue weighted by atomic mass is 79.9. The van der Waals surface area contributed by atoms with Crippen LogP contribution < -0.4 is 0 Å². The van der Waals surface area contributed by atoms with Crippen LogP contribution in [0, 0.1) is 13.8 Å². The van der Waals surface area contributed by atoms with Crippen molar-refractivity contribution in [2.24, 2.45) is 7.05 Å². The van der Waals surface area contributed by atoms with Crippen molar-refractivity contribution in [3.63, 3.8) is 0 Å². The zero-order chi connectivity index (χ0) is 14.2. The number of benzene rings is 1. The van der Waals surface area contributed by atoms with E-state index >= 15 is 0 Å². The maximum atomic E-state index is 10.4. The fourth-order valence-corrected chi connectivity index (χ4v) is 3.35. The molecule has 102 valence electrons. The number of nitrogens with zero attached hydrogens (tertiary/aromatic N) is 2. The van der Waals surface area contributed by atoms with Crippen molar-refractivity contribution >= 4 is 31.9 Å². The number of aliphatic hydroxyl groups is 1. The second-order valence-electron chi connectivity index (χ2n) is 4.71. The van der Waals surface area contributed by atoms with Crippen LogP contribution in [0.25, 0.3) is 0 Å². The van der Waals surface area contributed by atoms with Gasteiger partial charge in [0.15, 0.2) is 0 Å². The Morgan fingerprint density at radius 1 is 1.32 bits per heavy atom. The molecule has 0 spiro atoms. The number of hydrogen-bond acceptors (Lipinski definition) is 2. The number of hydrogen-bond donors (Lipinski definition) is 1. The maximum absolute atomic E-state index is 10.4. The van der Waals surface area contributed by atoms with Gasteiger partial charge in [-0.3, -0.25) is 4.68 Å². The molecule has 1 aromatic heterocycles. The first-order valence-corrected chi connectivity index (χ1v) is 7.61. The standard InChI is InChI=1S/C14H16Br2N2O/c1-8-4-5-10(11(15)6-8)13(19)7-12-14(16)9(2)17-18(12)3/h4-6,13,19H,7H2,1-3H3. The van der Waals surface area contributed by atoms with Gasteiger partial charge in [-0.05, 0) is 47.0 Å². The van der Waals surface area contributed by atoms with Crippen LogP contribution in [0.5, 0.6) is 0 Å². The highest BCUT2D eigenvalue weighted by Crippen LogP contribution is 2.30. The quantitative estimate of drug-likeness (QED) is 0.868. The number of halogens is 2. The van der Waals surface area contributed by atoms with E-state index in [2.05, 4.69) is 37.0 Å². The maximum Gasteiger partial charge on any atom is 0.0856 e. The first-order chi connectivity index (χ1) is 8.90. The monoisotopic (exact) mass is 386 g/mol. The van der Waals surface area contributed by atoms with Gasteiger partial charge in [-0.1, -0.05) is 28.1 Å². The Morgan fingerprint density at radius 3 is 2.53 bits per heavy atom. The number of aliphatic hydroxyl groups excluding tert-OH is 1. The van der Waals surface area contributed by atoms with E-state index in [0.717, 1.165) is 25.9 Å². The molecule has 19 heavy (non-hydrogen) atoms. The van der Waals surface area contributed by atoms with Crippen molar-refractivity contribution < 1.29 is 5.11 Å². The molecule has 0 saturated heterocycles. The van der Waals surface area contributed by atoms with Gasteiger partial charge in [0.05, 0.1) is 22.0 Å². The van der Waals surface area contributed by atoms with Crippen molar-refractivity contribution in [3.05, 3.63) is 49.7 Å². The van der Waals surface area contributed by atoms with E-state index in [1.807, 2.05) is 43.8 Å². The molecule has 0 aliphatic heterocycles. The van der Waals surface area contributed by atoms with Crippen LogP contribution in [0.3, 0.4) is 0 Å². The third-order valence-corrected chi connectivity index (χ3v) is 4.88. The van der Waals surface area contributed by atoms with Gasteiger partial charge in [0.25, 0.3) is 0 Å². The molecule has 0 amide bonds. The summed E-state index contributed by atoms with van der Waals surface area (Å²) in [5, 5.41) is 14.8. The minimum atomic E-state index is -0.555. The molecule has 2 rings (SSSR count). The predicted octanol–water partition coefficient (Wildman–Crippen LogP) is 3.84. The number of aromatic nitrogens is 2. The summed E-state index contributed by atoms with van der Waals surface area (Å²) in [5.74, 6) is 0. The summed E-state index contributed by atoms with van der Waals surface area (Å²) in [6.45, 7) is 3.98. The third-order valence-electron chi connectivity index (χ3n) is 3.16. The number of rotatable bonds is 3.